The van der Waals surface area contributed by atoms with Gasteiger partial charge in [-0.1, -0.05) is 18.2 Å². The lowest BCUT2D eigenvalue weighted by molar-refractivity contribution is -0.384. The van der Waals surface area contributed by atoms with Gasteiger partial charge in [0.05, 0.1) is 47.5 Å². The molecule has 1 aliphatic rings. The number of allylic oxidation sites excluding steroid dienone is 1. The summed E-state index contributed by atoms with van der Waals surface area (Å²) < 4.78 is 28.5. The number of rotatable bonds is 15. The molecule has 3 amide bonds. The third-order valence-corrected chi connectivity index (χ3v) is 7.47. The molecule has 0 aromatic heterocycles. The summed E-state index contributed by atoms with van der Waals surface area (Å²) in [6.07, 6.45) is 1.41. The van der Waals surface area contributed by atoms with Crippen LogP contribution in [0.15, 0.2) is 75.4 Å². The Balaban J connectivity index is 1.39. The van der Waals surface area contributed by atoms with Crippen molar-refractivity contribution in [3.05, 3.63) is 97.1 Å². The molecule has 258 valence electrons. The number of non-ortho nitro benzene ring substituents is 1. The van der Waals surface area contributed by atoms with Gasteiger partial charge < -0.3 is 34.3 Å². The summed E-state index contributed by atoms with van der Waals surface area (Å²) in [7, 11) is 1.42. The van der Waals surface area contributed by atoms with E-state index < -0.39 is 35.5 Å². The number of hydrogen-bond acceptors (Lipinski definition) is 11. The standard InChI is InChI=1S/C33H34BrN5O10/c1-5-46-27-14-21(13-24(34)31(27)49-17-20-8-7-9-23(12-20)39(43)44)16-35-38-28(40)18-48-25-11-10-22(15-26(25)45-4)30-29(32(41)47-6-2)19(3)36-33(42)37-30/h7-16,30H,5-6,17-18H2,1-4H3,(H,38,40)(H2,36,37,42)/b35-16-/t30-/m1/s1. The van der Waals surface area contributed by atoms with Gasteiger partial charge in [0, 0.05) is 17.8 Å². The van der Waals surface area contributed by atoms with E-state index in [9.17, 15) is 24.5 Å². The van der Waals surface area contributed by atoms with Crippen molar-refractivity contribution in [3.63, 3.8) is 0 Å². The van der Waals surface area contributed by atoms with Crippen LogP contribution in [-0.2, 0) is 20.9 Å². The lowest BCUT2D eigenvalue weighted by Gasteiger charge is -2.28. The highest BCUT2D eigenvalue weighted by atomic mass is 79.9. The minimum absolute atomic E-state index is 0.0381. The molecule has 0 spiro atoms. The SMILES string of the molecule is CCOC(=O)C1=C(C)NC(=O)N[C@@H]1c1ccc(OCC(=O)N/N=C\c2cc(Br)c(OCc3cccc([N+](=O)[O-])c3)c(OCC)c2)c(OC)c1. The van der Waals surface area contributed by atoms with Crippen LogP contribution in [0.1, 0.15) is 43.5 Å². The first-order valence-corrected chi connectivity index (χ1v) is 15.7. The van der Waals surface area contributed by atoms with Gasteiger partial charge in [0.1, 0.15) is 6.61 Å². The number of esters is 1. The van der Waals surface area contributed by atoms with Gasteiger partial charge in [0.2, 0.25) is 0 Å². The summed E-state index contributed by atoms with van der Waals surface area (Å²) in [5.74, 6) is 0.181. The van der Waals surface area contributed by atoms with Crippen LogP contribution in [0.4, 0.5) is 10.5 Å². The number of carbonyl (C=O) groups is 3. The number of ether oxygens (including phenoxy) is 5. The van der Waals surface area contributed by atoms with E-state index in [0.29, 0.717) is 45.0 Å². The van der Waals surface area contributed by atoms with Gasteiger partial charge >= 0.3 is 12.0 Å². The molecule has 0 radical (unpaired) electrons. The van der Waals surface area contributed by atoms with E-state index in [1.54, 1.807) is 56.3 Å². The molecule has 1 aliphatic heterocycles. The van der Waals surface area contributed by atoms with Gasteiger partial charge in [-0.05, 0) is 77.7 Å². The van der Waals surface area contributed by atoms with Crippen LogP contribution < -0.4 is 35.0 Å². The second kappa shape index (κ2) is 17.0. The van der Waals surface area contributed by atoms with E-state index in [1.165, 1.54) is 25.5 Å². The van der Waals surface area contributed by atoms with E-state index >= 15 is 0 Å². The van der Waals surface area contributed by atoms with Gasteiger partial charge in [-0.3, -0.25) is 14.9 Å². The second-order valence-electron chi connectivity index (χ2n) is 10.3. The summed E-state index contributed by atoms with van der Waals surface area (Å²) in [6, 6.07) is 13.0. The molecule has 0 bridgehead atoms. The van der Waals surface area contributed by atoms with Gasteiger partial charge in [0.15, 0.2) is 29.6 Å². The molecule has 0 fully saturated rings. The molecule has 3 N–H and O–H groups in total. The van der Waals surface area contributed by atoms with E-state index in [0.717, 1.165) is 0 Å². The number of nitrogens with one attached hydrogen (secondary N) is 3. The van der Waals surface area contributed by atoms with Crippen molar-refractivity contribution < 1.29 is 43.0 Å². The van der Waals surface area contributed by atoms with Crippen LogP contribution >= 0.6 is 15.9 Å². The Hall–Kier alpha value is -5.64. The molecule has 1 heterocycles. The number of carbonyl (C=O) groups excluding carboxylic acids is 3. The lowest BCUT2D eigenvalue weighted by Crippen LogP contribution is -2.45. The Kier molecular flexibility index (Phi) is 12.5. The number of hydrazone groups is 1. The fourth-order valence-corrected chi connectivity index (χ4v) is 5.32. The minimum Gasteiger partial charge on any atom is -0.493 e. The van der Waals surface area contributed by atoms with Crippen molar-refractivity contribution in [2.75, 3.05) is 26.9 Å². The first-order valence-electron chi connectivity index (χ1n) is 14.9. The van der Waals surface area contributed by atoms with Crippen molar-refractivity contribution in [2.24, 2.45) is 5.10 Å². The average Bonchev–Trinajstić information content (AvgIpc) is 3.06. The fraction of sp³-hybridized carbons (Fsp3) is 0.273. The first kappa shape index (κ1) is 36.2. The summed E-state index contributed by atoms with van der Waals surface area (Å²) >= 11 is 3.47. The third-order valence-electron chi connectivity index (χ3n) is 6.88. The number of benzene rings is 3. The Labute approximate surface area is 289 Å². The summed E-state index contributed by atoms with van der Waals surface area (Å²) in [5.41, 5.74) is 4.70. The van der Waals surface area contributed by atoms with Crippen LogP contribution in [0.25, 0.3) is 0 Å². The predicted molar refractivity (Wildman–Crippen MR) is 181 cm³/mol. The topological polar surface area (TPSA) is 189 Å². The Morgan fingerprint density at radius 3 is 2.55 bits per heavy atom. The fourth-order valence-electron chi connectivity index (χ4n) is 4.74. The van der Waals surface area contributed by atoms with Gasteiger partial charge in [0.25, 0.3) is 11.6 Å². The van der Waals surface area contributed by atoms with Crippen molar-refractivity contribution in [1.29, 1.82) is 0 Å². The maximum absolute atomic E-state index is 12.6. The minimum atomic E-state index is -0.801. The van der Waals surface area contributed by atoms with E-state index in [-0.39, 0.29) is 36.0 Å². The molecule has 16 heteroatoms. The van der Waals surface area contributed by atoms with E-state index in [1.807, 2.05) is 6.92 Å². The maximum atomic E-state index is 12.6. The molecule has 0 unspecified atom stereocenters. The molecule has 0 aliphatic carbocycles. The summed E-state index contributed by atoms with van der Waals surface area (Å²) in [6.45, 7) is 5.28. The summed E-state index contributed by atoms with van der Waals surface area (Å²) in [5, 5.41) is 20.4. The van der Waals surface area contributed by atoms with Gasteiger partial charge in [-0.25, -0.2) is 15.0 Å². The van der Waals surface area contributed by atoms with Gasteiger partial charge in [-0.15, -0.1) is 0 Å². The first-order chi connectivity index (χ1) is 23.5. The predicted octanol–water partition coefficient (Wildman–Crippen LogP) is 5.06. The molecule has 1 atom stereocenters. The lowest BCUT2D eigenvalue weighted by atomic mass is 9.95. The van der Waals surface area contributed by atoms with Crippen LogP contribution in [0, 0.1) is 10.1 Å². The monoisotopic (exact) mass is 739 g/mol. The largest absolute Gasteiger partial charge is 0.493 e. The van der Waals surface area contributed by atoms with Crippen LogP contribution in [0.3, 0.4) is 0 Å². The Morgan fingerprint density at radius 2 is 1.84 bits per heavy atom. The normalized spacial score (nSPS) is 14.1. The van der Waals surface area contributed by atoms with Crippen LogP contribution in [0.2, 0.25) is 0 Å². The average molecular weight is 741 g/mol. The number of amides is 3. The van der Waals surface area contributed by atoms with Crippen molar-refractivity contribution in [2.45, 2.75) is 33.4 Å². The number of methoxy groups -OCH3 is 1. The number of nitro groups is 1. The zero-order valence-electron chi connectivity index (χ0n) is 27.0. The number of hydrogen-bond donors (Lipinski definition) is 3. The highest BCUT2D eigenvalue weighted by Gasteiger charge is 2.32. The Bertz CT molecular complexity index is 1800. The highest BCUT2D eigenvalue weighted by molar-refractivity contribution is 9.10. The number of nitro benzene ring substituents is 1. The quantitative estimate of drug-likeness (QED) is 0.0822. The molecule has 3 aromatic rings. The van der Waals surface area contributed by atoms with Gasteiger partial charge in [-0.2, -0.15) is 5.10 Å². The zero-order valence-corrected chi connectivity index (χ0v) is 28.6. The molecule has 15 nitrogen and oxygen atoms in total. The van der Waals surface area contributed by atoms with E-state index in [4.69, 9.17) is 23.7 Å². The number of nitrogens with zero attached hydrogens (tertiary/aromatic N) is 2. The zero-order chi connectivity index (χ0) is 35.5. The highest BCUT2D eigenvalue weighted by Crippen LogP contribution is 2.38. The Morgan fingerprint density at radius 1 is 1.04 bits per heavy atom. The molecule has 3 aromatic carbocycles. The smallest absolute Gasteiger partial charge is 0.338 e. The van der Waals surface area contributed by atoms with Crippen LogP contribution in [-0.4, -0.2) is 56.0 Å². The van der Waals surface area contributed by atoms with Crippen molar-refractivity contribution in [3.8, 4) is 23.0 Å². The number of urea groups is 1. The molecular weight excluding hydrogens is 706 g/mol. The summed E-state index contributed by atoms with van der Waals surface area (Å²) in [4.78, 5) is 48.0. The van der Waals surface area contributed by atoms with Crippen molar-refractivity contribution in [1.82, 2.24) is 16.1 Å². The third kappa shape index (κ3) is 9.47. The van der Waals surface area contributed by atoms with E-state index in [2.05, 4.69) is 37.1 Å². The van der Waals surface area contributed by atoms with Crippen LogP contribution in [0.5, 0.6) is 23.0 Å². The van der Waals surface area contributed by atoms with Crippen molar-refractivity contribution >= 4 is 45.7 Å². The maximum Gasteiger partial charge on any atom is 0.338 e. The molecule has 49 heavy (non-hydrogen) atoms. The molecular formula is C33H34BrN5O10. The molecule has 4 rings (SSSR count). The number of halogens is 1. The second-order valence-corrected chi connectivity index (χ2v) is 11.1. The molecule has 0 saturated carbocycles. The molecule has 0 saturated heterocycles.